The smallest absolute Gasteiger partial charge is 0.234 e. The van der Waals surface area contributed by atoms with Crippen molar-refractivity contribution in [1.82, 2.24) is 0 Å². The molecule has 0 aliphatic heterocycles. The second kappa shape index (κ2) is 7.14. The fourth-order valence-electron chi connectivity index (χ4n) is 2.85. The minimum Gasteiger partial charge on any atom is -0.377 e. The third kappa shape index (κ3) is 3.36. The zero-order valence-corrected chi connectivity index (χ0v) is 14.3. The molecule has 3 aromatic carbocycles. The van der Waals surface area contributed by atoms with Gasteiger partial charge >= 0.3 is 0 Å². The lowest BCUT2D eigenvalue weighted by atomic mass is 9.92. The maximum atomic E-state index is 12.9. The Morgan fingerprint density at radius 1 is 0.680 bits per heavy atom. The van der Waals surface area contributed by atoms with E-state index in [1.165, 1.54) is 0 Å². The van der Waals surface area contributed by atoms with E-state index in [0.717, 1.165) is 16.8 Å². The van der Waals surface area contributed by atoms with Gasteiger partial charge in [-0.2, -0.15) is 0 Å². The molecular weight excluding hydrogens is 310 g/mol. The van der Waals surface area contributed by atoms with Crippen molar-refractivity contribution in [3.05, 3.63) is 90.0 Å². The van der Waals surface area contributed by atoms with Crippen LogP contribution in [0.5, 0.6) is 0 Å². The van der Waals surface area contributed by atoms with Gasteiger partial charge in [0.15, 0.2) is 0 Å². The van der Waals surface area contributed by atoms with Crippen LogP contribution in [0.2, 0.25) is 0 Å². The van der Waals surface area contributed by atoms with E-state index in [1.54, 1.807) is 30.3 Å². The van der Waals surface area contributed by atoms with Crippen molar-refractivity contribution in [3.8, 4) is 11.1 Å². The highest BCUT2D eigenvalue weighted by atomic mass is 16.2. The molecule has 0 unspecified atom stereocenters. The van der Waals surface area contributed by atoms with Gasteiger partial charge in [0, 0.05) is 36.5 Å². The number of rotatable bonds is 5. The van der Waals surface area contributed by atoms with E-state index in [1.807, 2.05) is 67.5 Å². The van der Waals surface area contributed by atoms with Gasteiger partial charge < -0.3 is 4.90 Å². The van der Waals surface area contributed by atoms with Crippen LogP contribution in [0.3, 0.4) is 0 Å². The molecule has 0 bridgehead atoms. The van der Waals surface area contributed by atoms with Crippen LogP contribution in [-0.2, 0) is 0 Å². The number of benzene rings is 3. The second-order valence-corrected chi connectivity index (χ2v) is 5.98. The highest BCUT2D eigenvalue weighted by Crippen LogP contribution is 2.34. The topological polar surface area (TPSA) is 37.4 Å². The van der Waals surface area contributed by atoms with Crippen molar-refractivity contribution in [1.29, 1.82) is 0 Å². The Labute approximate surface area is 147 Å². The van der Waals surface area contributed by atoms with E-state index in [9.17, 15) is 9.59 Å². The molecule has 0 aliphatic rings. The van der Waals surface area contributed by atoms with Gasteiger partial charge in [0.25, 0.3) is 0 Å². The van der Waals surface area contributed by atoms with Gasteiger partial charge in [0.05, 0.1) is 0 Å². The van der Waals surface area contributed by atoms with Crippen LogP contribution in [0.1, 0.15) is 20.7 Å². The molecule has 0 radical (unpaired) electrons. The first-order chi connectivity index (χ1) is 12.1. The van der Waals surface area contributed by atoms with Crippen LogP contribution in [0.25, 0.3) is 11.1 Å². The largest absolute Gasteiger partial charge is 0.377 e. The van der Waals surface area contributed by atoms with E-state index in [0.29, 0.717) is 11.1 Å². The van der Waals surface area contributed by atoms with Crippen LogP contribution in [0.15, 0.2) is 78.9 Å². The summed E-state index contributed by atoms with van der Waals surface area (Å²) in [5.41, 5.74) is 3.42. The van der Waals surface area contributed by atoms with Crippen molar-refractivity contribution < 1.29 is 9.59 Å². The first-order valence-electron chi connectivity index (χ1n) is 8.09. The summed E-state index contributed by atoms with van der Waals surface area (Å²) in [5.74, 6) is -0.984. The summed E-state index contributed by atoms with van der Waals surface area (Å²) in [7, 11) is 3.85. The molecule has 3 rings (SSSR count). The summed E-state index contributed by atoms with van der Waals surface area (Å²) >= 11 is 0. The fourth-order valence-corrected chi connectivity index (χ4v) is 2.85. The Morgan fingerprint density at radius 3 is 1.88 bits per heavy atom. The zero-order chi connectivity index (χ0) is 17.8. The van der Waals surface area contributed by atoms with Crippen molar-refractivity contribution in [2.45, 2.75) is 0 Å². The average molecular weight is 329 g/mol. The van der Waals surface area contributed by atoms with Crippen molar-refractivity contribution in [2.24, 2.45) is 0 Å². The molecule has 124 valence electrons. The number of ketones is 2. The highest BCUT2D eigenvalue weighted by molar-refractivity contribution is 6.50. The lowest BCUT2D eigenvalue weighted by Gasteiger charge is -2.20. The summed E-state index contributed by atoms with van der Waals surface area (Å²) < 4.78 is 0. The third-order valence-electron chi connectivity index (χ3n) is 4.07. The van der Waals surface area contributed by atoms with Crippen LogP contribution < -0.4 is 4.90 Å². The molecule has 0 saturated carbocycles. The van der Waals surface area contributed by atoms with Crippen LogP contribution >= 0.6 is 0 Å². The zero-order valence-electron chi connectivity index (χ0n) is 14.3. The van der Waals surface area contributed by atoms with Gasteiger partial charge in [-0.3, -0.25) is 9.59 Å². The van der Waals surface area contributed by atoms with Gasteiger partial charge in [0.2, 0.25) is 11.6 Å². The molecule has 3 aromatic rings. The molecule has 0 spiro atoms. The first kappa shape index (κ1) is 16.7. The molecule has 3 nitrogen and oxygen atoms in total. The van der Waals surface area contributed by atoms with Gasteiger partial charge in [-0.05, 0) is 11.6 Å². The molecule has 0 amide bonds. The molecule has 0 fully saturated rings. The Morgan fingerprint density at radius 2 is 1.28 bits per heavy atom. The molecule has 0 N–H and O–H groups in total. The van der Waals surface area contributed by atoms with E-state index < -0.39 is 11.6 Å². The van der Waals surface area contributed by atoms with Crippen molar-refractivity contribution in [3.63, 3.8) is 0 Å². The number of hydrogen-bond acceptors (Lipinski definition) is 3. The quantitative estimate of drug-likeness (QED) is 0.511. The summed E-state index contributed by atoms with van der Waals surface area (Å²) in [6.45, 7) is 0. The molecule has 0 aliphatic carbocycles. The van der Waals surface area contributed by atoms with E-state index in [-0.39, 0.29) is 0 Å². The number of hydrogen-bond donors (Lipinski definition) is 0. The first-order valence-corrected chi connectivity index (χ1v) is 8.09. The minimum absolute atomic E-state index is 0.404. The molecule has 0 aromatic heterocycles. The van der Waals surface area contributed by atoms with Gasteiger partial charge in [0.1, 0.15) is 0 Å². The molecule has 0 saturated heterocycles. The Hall–Kier alpha value is -3.20. The molecule has 25 heavy (non-hydrogen) atoms. The number of anilines is 1. The Kier molecular flexibility index (Phi) is 4.75. The Bertz CT molecular complexity index is 900. The third-order valence-corrected chi connectivity index (χ3v) is 4.07. The number of nitrogens with zero attached hydrogens (tertiary/aromatic N) is 1. The monoisotopic (exact) mass is 329 g/mol. The summed E-state index contributed by atoms with van der Waals surface area (Å²) in [4.78, 5) is 27.5. The molecule has 0 heterocycles. The normalized spacial score (nSPS) is 10.3. The standard InChI is InChI=1S/C22H19NO2/c1-23(2)19-15-9-14-18(20(19)16-10-5-3-6-11-16)22(25)21(24)17-12-7-4-8-13-17/h3-15H,1-2H3. The lowest BCUT2D eigenvalue weighted by molar-refractivity contribution is 0.0817. The number of carbonyl (C=O) groups is 2. The summed E-state index contributed by atoms with van der Waals surface area (Å²) in [5, 5.41) is 0. The summed E-state index contributed by atoms with van der Waals surface area (Å²) in [6, 6.07) is 23.8. The predicted octanol–water partition coefficient (Wildman–Crippen LogP) is 4.49. The number of Topliss-reactive ketones (excluding diaryl/α,β-unsaturated/α-hetero) is 2. The molecule has 3 heteroatoms. The second-order valence-electron chi connectivity index (χ2n) is 5.98. The van der Waals surface area contributed by atoms with Crippen molar-refractivity contribution >= 4 is 17.3 Å². The lowest BCUT2D eigenvalue weighted by Crippen LogP contribution is -2.18. The average Bonchev–Trinajstić information content (AvgIpc) is 2.67. The van der Waals surface area contributed by atoms with Crippen LogP contribution in [0, 0.1) is 0 Å². The van der Waals surface area contributed by atoms with Crippen LogP contribution in [0.4, 0.5) is 5.69 Å². The maximum absolute atomic E-state index is 12.9. The van der Waals surface area contributed by atoms with E-state index in [2.05, 4.69) is 0 Å². The van der Waals surface area contributed by atoms with E-state index >= 15 is 0 Å². The van der Waals surface area contributed by atoms with E-state index in [4.69, 9.17) is 0 Å². The Balaban J connectivity index is 2.15. The minimum atomic E-state index is -0.492. The van der Waals surface area contributed by atoms with Crippen LogP contribution in [-0.4, -0.2) is 25.7 Å². The molecule has 0 atom stereocenters. The highest BCUT2D eigenvalue weighted by Gasteiger charge is 2.23. The summed E-state index contributed by atoms with van der Waals surface area (Å²) in [6.07, 6.45) is 0. The van der Waals surface area contributed by atoms with Gasteiger partial charge in [-0.1, -0.05) is 72.8 Å². The SMILES string of the molecule is CN(C)c1cccc(C(=O)C(=O)c2ccccc2)c1-c1ccccc1. The fraction of sp³-hybridized carbons (Fsp3) is 0.0909. The van der Waals surface area contributed by atoms with Gasteiger partial charge in [-0.15, -0.1) is 0 Å². The molecular formula is C22H19NO2. The van der Waals surface area contributed by atoms with Gasteiger partial charge in [-0.25, -0.2) is 0 Å². The van der Waals surface area contributed by atoms with Crippen molar-refractivity contribution in [2.75, 3.05) is 19.0 Å². The maximum Gasteiger partial charge on any atom is 0.234 e. The predicted molar refractivity (Wildman–Crippen MR) is 101 cm³/mol. The number of carbonyl (C=O) groups excluding carboxylic acids is 2.